The van der Waals surface area contributed by atoms with Gasteiger partial charge in [0.15, 0.2) is 0 Å². The Bertz CT molecular complexity index is 616. The Morgan fingerprint density at radius 3 is 2.62 bits per heavy atom. The summed E-state index contributed by atoms with van der Waals surface area (Å²) in [5.41, 5.74) is 5.04. The quantitative estimate of drug-likeness (QED) is 0.833. The van der Waals surface area contributed by atoms with Crippen LogP contribution >= 0.6 is 0 Å². The van der Waals surface area contributed by atoms with Gasteiger partial charge in [-0.1, -0.05) is 55.5 Å². The summed E-state index contributed by atoms with van der Waals surface area (Å²) in [6.45, 7) is 4.12. The molecule has 0 fully saturated rings. The first kappa shape index (κ1) is 15.3. The van der Waals surface area contributed by atoms with Crippen LogP contribution in [0, 0.1) is 12.8 Å². The Hall–Kier alpha value is -2.09. The largest absolute Gasteiger partial charge is 0.481 e. The Labute approximate surface area is 126 Å². The van der Waals surface area contributed by atoms with Crippen molar-refractivity contribution in [2.24, 2.45) is 5.92 Å². The summed E-state index contributed by atoms with van der Waals surface area (Å²) in [7, 11) is 0. The fourth-order valence-corrected chi connectivity index (χ4v) is 2.60. The molecule has 0 aliphatic carbocycles. The van der Waals surface area contributed by atoms with E-state index in [2.05, 4.69) is 55.5 Å². The topological polar surface area (TPSA) is 37.3 Å². The van der Waals surface area contributed by atoms with Crippen LogP contribution in [-0.4, -0.2) is 11.1 Å². The summed E-state index contributed by atoms with van der Waals surface area (Å²) in [6.07, 6.45) is 2.08. The van der Waals surface area contributed by atoms with Gasteiger partial charge < -0.3 is 5.11 Å². The molecule has 0 aliphatic heterocycles. The lowest BCUT2D eigenvalue weighted by Crippen LogP contribution is -2.05. The van der Waals surface area contributed by atoms with E-state index in [4.69, 9.17) is 5.11 Å². The third-order valence-electron chi connectivity index (χ3n) is 3.83. The highest BCUT2D eigenvalue weighted by atomic mass is 16.4. The maximum atomic E-state index is 10.7. The maximum Gasteiger partial charge on any atom is 0.303 e. The van der Waals surface area contributed by atoms with Gasteiger partial charge in [-0.25, -0.2) is 0 Å². The summed E-state index contributed by atoms with van der Waals surface area (Å²) in [5.74, 6) is -0.499. The fourth-order valence-electron chi connectivity index (χ4n) is 2.60. The molecule has 0 saturated heterocycles. The molecule has 0 radical (unpaired) electrons. The molecule has 2 aromatic rings. The van der Waals surface area contributed by atoms with E-state index in [-0.39, 0.29) is 12.3 Å². The SMILES string of the molecule is Cc1ccccc1-c1cccc(CCC(C)CC(=O)O)c1. The molecule has 2 nitrogen and oxygen atoms in total. The van der Waals surface area contributed by atoms with Gasteiger partial charge in [0, 0.05) is 6.42 Å². The van der Waals surface area contributed by atoms with Crippen molar-refractivity contribution in [1.82, 2.24) is 0 Å². The molecular formula is C19H22O2. The van der Waals surface area contributed by atoms with Crippen LogP contribution in [0.4, 0.5) is 0 Å². The Morgan fingerprint density at radius 2 is 1.90 bits per heavy atom. The Morgan fingerprint density at radius 1 is 1.14 bits per heavy atom. The molecule has 1 N–H and O–H groups in total. The highest BCUT2D eigenvalue weighted by Gasteiger charge is 2.08. The van der Waals surface area contributed by atoms with Crippen molar-refractivity contribution >= 4 is 5.97 Å². The lowest BCUT2D eigenvalue weighted by atomic mass is 9.95. The van der Waals surface area contributed by atoms with Gasteiger partial charge in [-0.15, -0.1) is 0 Å². The van der Waals surface area contributed by atoms with E-state index in [1.165, 1.54) is 22.3 Å². The number of hydrogen-bond donors (Lipinski definition) is 1. The van der Waals surface area contributed by atoms with E-state index in [0.717, 1.165) is 12.8 Å². The molecule has 2 rings (SSSR count). The van der Waals surface area contributed by atoms with Gasteiger partial charge in [0.25, 0.3) is 0 Å². The minimum Gasteiger partial charge on any atom is -0.481 e. The van der Waals surface area contributed by atoms with Crippen LogP contribution in [0.15, 0.2) is 48.5 Å². The highest BCUT2D eigenvalue weighted by Crippen LogP contribution is 2.24. The third kappa shape index (κ3) is 4.45. The van der Waals surface area contributed by atoms with Crippen molar-refractivity contribution in [3.8, 4) is 11.1 Å². The number of benzene rings is 2. The Balaban J connectivity index is 2.08. The molecular weight excluding hydrogens is 260 g/mol. The van der Waals surface area contributed by atoms with E-state index in [1.807, 2.05) is 6.92 Å². The molecule has 0 aliphatic rings. The van der Waals surface area contributed by atoms with E-state index in [9.17, 15) is 4.79 Å². The van der Waals surface area contributed by atoms with Crippen LogP contribution in [0.5, 0.6) is 0 Å². The summed E-state index contributed by atoms with van der Waals surface area (Å²) in [5, 5.41) is 8.80. The van der Waals surface area contributed by atoms with Gasteiger partial charge in [-0.05, 0) is 47.9 Å². The lowest BCUT2D eigenvalue weighted by Gasteiger charge is -2.11. The van der Waals surface area contributed by atoms with Crippen molar-refractivity contribution in [1.29, 1.82) is 0 Å². The minimum atomic E-state index is -0.712. The van der Waals surface area contributed by atoms with Crippen LogP contribution in [0.2, 0.25) is 0 Å². The fraction of sp³-hybridized carbons (Fsp3) is 0.316. The van der Waals surface area contributed by atoms with Crippen molar-refractivity contribution in [2.45, 2.75) is 33.1 Å². The molecule has 2 aromatic carbocycles. The zero-order valence-electron chi connectivity index (χ0n) is 12.7. The van der Waals surface area contributed by atoms with Crippen LogP contribution in [0.25, 0.3) is 11.1 Å². The van der Waals surface area contributed by atoms with Crippen molar-refractivity contribution in [3.05, 3.63) is 59.7 Å². The summed E-state index contributed by atoms with van der Waals surface area (Å²) in [4.78, 5) is 10.7. The predicted octanol–water partition coefficient (Wildman–Crippen LogP) is 4.71. The molecule has 0 saturated carbocycles. The zero-order chi connectivity index (χ0) is 15.2. The highest BCUT2D eigenvalue weighted by molar-refractivity contribution is 5.68. The number of carboxylic acid groups (broad SMARTS) is 1. The summed E-state index contributed by atoms with van der Waals surface area (Å²) >= 11 is 0. The normalized spacial score (nSPS) is 12.1. The van der Waals surface area contributed by atoms with Gasteiger partial charge in [-0.3, -0.25) is 4.79 Å². The molecule has 2 heteroatoms. The first-order chi connectivity index (χ1) is 10.1. The molecule has 0 amide bonds. The number of carbonyl (C=O) groups is 1. The van der Waals surface area contributed by atoms with Crippen LogP contribution < -0.4 is 0 Å². The maximum absolute atomic E-state index is 10.7. The molecule has 0 aromatic heterocycles. The van der Waals surface area contributed by atoms with Gasteiger partial charge in [0.2, 0.25) is 0 Å². The molecule has 0 spiro atoms. The lowest BCUT2D eigenvalue weighted by molar-refractivity contribution is -0.138. The van der Waals surface area contributed by atoms with Gasteiger partial charge >= 0.3 is 5.97 Å². The predicted molar refractivity (Wildman–Crippen MR) is 86.4 cm³/mol. The van der Waals surface area contributed by atoms with E-state index in [1.54, 1.807) is 0 Å². The van der Waals surface area contributed by atoms with Crippen LogP contribution in [0.3, 0.4) is 0 Å². The Kier molecular flexibility index (Phi) is 5.15. The van der Waals surface area contributed by atoms with Gasteiger partial charge in [0.05, 0.1) is 0 Å². The molecule has 110 valence electrons. The summed E-state index contributed by atoms with van der Waals surface area (Å²) in [6, 6.07) is 16.9. The average Bonchev–Trinajstić information content (AvgIpc) is 2.45. The molecule has 0 bridgehead atoms. The number of carboxylic acids is 1. The number of rotatable bonds is 6. The second-order valence-corrected chi connectivity index (χ2v) is 5.76. The number of aliphatic carboxylic acids is 1. The van der Waals surface area contributed by atoms with Gasteiger partial charge in [0.1, 0.15) is 0 Å². The van der Waals surface area contributed by atoms with Crippen LogP contribution in [-0.2, 0) is 11.2 Å². The molecule has 1 atom stereocenters. The van der Waals surface area contributed by atoms with Gasteiger partial charge in [-0.2, -0.15) is 0 Å². The van der Waals surface area contributed by atoms with Crippen molar-refractivity contribution in [3.63, 3.8) is 0 Å². The van der Waals surface area contributed by atoms with E-state index >= 15 is 0 Å². The smallest absolute Gasteiger partial charge is 0.303 e. The minimum absolute atomic E-state index is 0.213. The first-order valence-electron chi connectivity index (χ1n) is 7.43. The average molecular weight is 282 g/mol. The molecule has 21 heavy (non-hydrogen) atoms. The number of hydrogen-bond acceptors (Lipinski definition) is 1. The monoisotopic (exact) mass is 282 g/mol. The van der Waals surface area contributed by atoms with E-state index < -0.39 is 5.97 Å². The second-order valence-electron chi connectivity index (χ2n) is 5.76. The van der Waals surface area contributed by atoms with Crippen LogP contribution in [0.1, 0.15) is 30.9 Å². The van der Waals surface area contributed by atoms with Crippen molar-refractivity contribution < 1.29 is 9.90 Å². The second kappa shape index (κ2) is 7.07. The standard InChI is InChI=1S/C19H22O2/c1-14(12-19(20)21)10-11-16-7-5-8-17(13-16)18-9-4-3-6-15(18)2/h3-9,13-14H,10-12H2,1-2H3,(H,20,21). The van der Waals surface area contributed by atoms with Crippen molar-refractivity contribution in [2.75, 3.05) is 0 Å². The summed E-state index contributed by atoms with van der Waals surface area (Å²) < 4.78 is 0. The first-order valence-corrected chi connectivity index (χ1v) is 7.43. The number of aryl methyl sites for hydroxylation is 2. The molecule has 0 heterocycles. The third-order valence-corrected chi connectivity index (χ3v) is 3.83. The zero-order valence-corrected chi connectivity index (χ0v) is 12.7. The van der Waals surface area contributed by atoms with E-state index in [0.29, 0.717) is 0 Å². The molecule has 1 unspecified atom stereocenters.